The molecule has 0 spiro atoms. The first-order valence-corrected chi connectivity index (χ1v) is 16.3. The zero-order valence-electron chi connectivity index (χ0n) is 21.8. The van der Waals surface area contributed by atoms with E-state index in [1.165, 1.54) is 23.3 Å². The van der Waals surface area contributed by atoms with Crippen LogP contribution >= 0.6 is 62.7 Å². The quantitative estimate of drug-likeness (QED) is 0.258. The van der Waals surface area contributed by atoms with Crippen molar-refractivity contribution in [2.24, 2.45) is 9.98 Å². The molecule has 216 valence electrons. The lowest BCUT2D eigenvalue weighted by Gasteiger charge is -2.27. The Bertz CT molecular complexity index is 1460. The van der Waals surface area contributed by atoms with E-state index in [1.807, 2.05) is 0 Å². The molecule has 5 rings (SSSR count). The van der Waals surface area contributed by atoms with E-state index in [0.29, 0.717) is 39.8 Å². The summed E-state index contributed by atoms with van der Waals surface area (Å²) in [6.45, 7) is 3.70. The van der Waals surface area contributed by atoms with E-state index < -0.39 is 11.6 Å². The van der Waals surface area contributed by atoms with Crippen molar-refractivity contribution < 1.29 is 8.78 Å². The van der Waals surface area contributed by atoms with Gasteiger partial charge in [0.2, 0.25) is 0 Å². The van der Waals surface area contributed by atoms with Crippen LogP contribution in [0, 0.1) is 11.6 Å². The van der Waals surface area contributed by atoms with Crippen LogP contribution in [0.25, 0.3) is 0 Å². The van der Waals surface area contributed by atoms with Gasteiger partial charge in [0.25, 0.3) is 0 Å². The smallest absolute Gasteiger partial charge is 0.159 e. The number of nitrogens with one attached hydrogen (secondary N) is 2. The molecule has 0 radical (unpaired) electrons. The molecule has 3 aromatic rings. The minimum Gasteiger partial charge on any atom is -0.352 e. The summed E-state index contributed by atoms with van der Waals surface area (Å²) >= 11 is 18.8. The Morgan fingerprint density at radius 2 is 1.24 bits per heavy atom. The van der Waals surface area contributed by atoms with Gasteiger partial charge in [-0.3, -0.25) is 9.80 Å². The number of hydrogen-bond acceptors (Lipinski definition) is 8. The number of rotatable bonds is 8. The second-order valence-corrected chi connectivity index (χ2v) is 13.2. The highest BCUT2D eigenvalue weighted by Crippen LogP contribution is 2.27. The van der Waals surface area contributed by atoms with Gasteiger partial charge >= 0.3 is 0 Å². The van der Waals surface area contributed by atoms with Crippen LogP contribution in [0.15, 0.2) is 69.1 Å². The van der Waals surface area contributed by atoms with Crippen LogP contribution in [0.1, 0.15) is 22.3 Å². The van der Waals surface area contributed by atoms with E-state index in [9.17, 15) is 8.78 Å². The SMILES string of the molecule is Fc1ccc(CN2CN=C(SCc3ccc(Br)cc3CSC3=NCN(Cc4ccc(F)c(Cl)c4)CN3)NC2)cc1Cl. The number of hydrogen-bond donors (Lipinski definition) is 2. The average Bonchev–Trinajstić information content (AvgIpc) is 2.97. The molecule has 6 nitrogen and oxygen atoms in total. The molecule has 41 heavy (non-hydrogen) atoms. The van der Waals surface area contributed by atoms with Gasteiger partial charge in [-0.05, 0) is 58.7 Å². The van der Waals surface area contributed by atoms with Crippen LogP contribution in [-0.4, -0.2) is 46.8 Å². The maximum atomic E-state index is 13.4. The third kappa shape index (κ3) is 8.82. The van der Waals surface area contributed by atoms with Crippen molar-refractivity contribution in [3.63, 3.8) is 0 Å². The van der Waals surface area contributed by atoms with Gasteiger partial charge in [0.05, 0.1) is 36.7 Å². The van der Waals surface area contributed by atoms with E-state index >= 15 is 0 Å². The summed E-state index contributed by atoms with van der Waals surface area (Å²) in [7, 11) is 0. The first kappa shape index (κ1) is 30.6. The molecule has 2 N–H and O–H groups in total. The van der Waals surface area contributed by atoms with Crippen molar-refractivity contribution in [1.82, 2.24) is 20.4 Å². The molecule has 3 aromatic carbocycles. The van der Waals surface area contributed by atoms with E-state index in [0.717, 1.165) is 37.4 Å². The molecule has 0 amide bonds. The molecular weight excluding hydrogens is 673 g/mol. The average molecular weight is 701 g/mol. The molecule has 13 heteroatoms. The van der Waals surface area contributed by atoms with Crippen molar-refractivity contribution in [1.29, 1.82) is 0 Å². The number of halogens is 5. The van der Waals surface area contributed by atoms with Crippen LogP contribution < -0.4 is 10.6 Å². The molecule has 0 aromatic heterocycles. The maximum absolute atomic E-state index is 13.4. The monoisotopic (exact) mass is 698 g/mol. The number of aliphatic imine (C=N–C) groups is 2. The van der Waals surface area contributed by atoms with Crippen LogP contribution in [0.2, 0.25) is 10.0 Å². The standard InChI is InChI=1S/C28H27BrCl2F2N6S2/c29-22-4-3-20(12-40-27-34-14-38(15-35-27)10-18-1-5-25(32)23(30)7-18)21(9-22)13-41-28-36-16-39(17-37-28)11-19-2-6-26(33)24(31)8-19/h1-9H,10-17H2,(H,34,35)(H,36,37). The zero-order valence-corrected chi connectivity index (χ0v) is 26.6. The van der Waals surface area contributed by atoms with E-state index in [1.54, 1.807) is 47.8 Å². The van der Waals surface area contributed by atoms with Crippen LogP contribution in [0.3, 0.4) is 0 Å². The van der Waals surface area contributed by atoms with E-state index in [4.69, 9.17) is 28.2 Å². The summed E-state index contributed by atoms with van der Waals surface area (Å²) in [5.74, 6) is 0.751. The van der Waals surface area contributed by atoms with Crippen molar-refractivity contribution in [3.05, 3.63) is 103 Å². The first-order chi connectivity index (χ1) is 19.8. The molecule has 2 aliphatic rings. The Kier molecular flexibility index (Phi) is 10.9. The second-order valence-electron chi connectivity index (χ2n) is 9.52. The Hall–Kier alpha value is -1.86. The number of benzene rings is 3. The predicted octanol–water partition coefficient (Wildman–Crippen LogP) is 7.25. The van der Waals surface area contributed by atoms with Gasteiger partial charge in [0, 0.05) is 29.1 Å². The summed E-state index contributed by atoms with van der Waals surface area (Å²) in [6.07, 6.45) is 0. The van der Waals surface area contributed by atoms with Gasteiger partial charge in [0.15, 0.2) is 10.3 Å². The Balaban J connectivity index is 1.10. The van der Waals surface area contributed by atoms with Crippen LogP contribution in [-0.2, 0) is 24.6 Å². The first-order valence-electron chi connectivity index (χ1n) is 12.7. The van der Waals surface area contributed by atoms with Gasteiger partial charge in [-0.1, -0.05) is 80.9 Å². The topological polar surface area (TPSA) is 55.3 Å². The zero-order chi connectivity index (χ0) is 28.8. The molecule has 0 unspecified atom stereocenters. The molecule has 0 fully saturated rings. The predicted molar refractivity (Wildman–Crippen MR) is 171 cm³/mol. The summed E-state index contributed by atoms with van der Waals surface area (Å²) < 4.78 is 27.9. The molecule has 0 saturated carbocycles. The van der Waals surface area contributed by atoms with Gasteiger partial charge in [-0.15, -0.1) is 0 Å². The highest BCUT2D eigenvalue weighted by molar-refractivity contribution is 9.10. The fraction of sp³-hybridized carbons (Fsp3) is 0.286. The Labute approximate surface area is 265 Å². The van der Waals surface area contributed by atoms with Gasteiger partial charge < -0.3 is 10.6 Å². The molecule has 2 aliphatic heterocycles. The molecular formula is C28H27BrCl2F2N6S2. The molecule has 0 aliphatic carbocycles. The minimum absolute atomic E-state index is 0.135. The van der Waals surface area contributed by atoms with Gasteiger partial charge in [-0.25, -0.2) is 18.8 Å². The summed E-state index contributed by atoms with van der Waals surface area (Å²) in [5.41, 5.74) is 4.37. The fourth-order valence-electron chi connectivity index (χ4n) is 4.26. The van der Waals surface area contributed by atoms with Crippen molar-refractivity contribution >= 4 is 73.0 Å². The van der Waals surface area contributed by atoms with Crippen molar-refractivity contribution in [2.75, 3.05) is 26.7 Å². The largest absolute Gasteiger partial charge is 0.352 e. The summed E-state index contributed by atoms with van der Waals surface area (Å²) in [6, 6.07) is 16.0. The fourth-order valence-corrected chi connectivity index (χ4v) is 6.84. The highest BCUT2D eigenvalue weighted by atomic mass is 79.9. The maximum Gasteiger partial charge on any atom is 0.159 e. The lowest BCUT2D eigenvalue weighted by atomic mass is 10.1. The lowest BCUT2D eigenvalue weighted by molar-refractivity contribution is 0.258. The second kappa shape index (κ2) is 14.5. The Morgan fingerprint density at radius 3 is 1.71 bits per heavy atom. The number of thioether (sulfide) groups is 2. The third-order valence-electron chi connectivity index (χ3n) is 6.41. The van der Waals surface area contributed by atoms with E-state index in [-0.39, 0.29) is 10.0 Å². The van der Waals surface area contributed by atoms with Gasteiger partial charge in [0.1, 0.15) is 11.6 Å². The summed E-state index contributed by atoms with van der Waals surface area (Å²) in [5, 5.41) is 8.85. The van der Waals surface area contributed by atoms with E-state index in [2.05, 4.69) is 59.6 Å². The molecule has 2 heterocycles. The lowest BCUT2D eigenvalue weighted by Crippen LogP contribution is -2.41. The Morgan fingerprint density at radius 1 is 0.732 bits per heavy atom. The third-order valence-corrected chi connectivity index (χ3v) is 9.49. The van der Waals surface area contributed by atoms with Gasteiger partial charge in [-0.2, -0.15) is 0 Å². The number of nitrogens with zero attached hydrogens (tertiary/aromatic N) is 4. The van der Waals surface area contributed by atoms with Crippen LogP contribution in [0.5, 0.6) is 0 Å². The summed E-state index contributed by atoms with van der Waals surface area (Å²) in [4.78, 5) is 13.6. The van der Waals surface area contributed by atoms with Crippen LogP contribution in [0.4, 0.5) is 8.78 Å². The highest BCUT2D eigenvalue weighted by Gasteiger charge is 2.17. The molecule has 0 bridgehead atoms. The normalized spacial score (nSPS) is 16.1. The van der Waals surface area contributed by atoms with Crippen molar-refractivity contribution in [3.8, 4) is 0 Å². The molecule has 0 atom stereocenters. The number of amidine groups is 2. The van der Waals surface area contributed by atoms with Crippen molar-refractivity contribution in [2.45, 2.75) is 24.6 Å². The molecule has 0 saturated heterocycles. The minimum atomic E-state index is -0.409.